The summed E-state index contributed by atoms with van der Waals surface area (Å²) in [5, 5.41) is 6.37. The molecule has 174 valence electrons. The minimum atomic E-state index is -3.49. The van der Waals surface area contributed by atoms with Crippen LogP contribution in [0.3, 0.4) is 0 Å². The molecule has 1 N–H and O–H groups in total. The lowest BCUT2D eigenvalue weighted by Gasteiger charge is -2.21. The Labute approximate surface area is 203 Å². The average molecular weight is 491 g/mol. The highest BCUT2D eigenvalue weighted by Gasteiger charge is 2.38. The topological polar surface area (TPSA) is 75.2 Å². The lowest BCUT2D eigenvalue weighted by atomic mass is 10.0. The van der Waals surface area contributed by atoms with Gasteiger partial charge in [0.2, 0.25) is 0 Å². The smallest absolute Gasteiger partial charge is 0.253 e. The Morgan fingerprint density at radius 1 is 1.00 bits per heavy atom. The van der Waals surface area contributed by atoms with Crippen LogP contribution in [-0.2, 0) is 16.6 Å². The molecule has 0 bridgehead atoms. The van der Waals surface area contributed by atoms with E-state index in [1.54, 1.807) is 16.4 Å². The van der Waals surface area contributed by atoms with Gasteiger partial charge in [-0.25, -0.2) is 18.4 Å². The van der Waals surface area contributed by atoms with Crippen molar-refractivity contribution >= 4 is 38.1 Å². The molecule has 2 aromatic heterocycles. The van der Waals surface area contributed by atoms with Gasteiger partial charge in [-0.05, 0) is 78.9 Å². The standard InChI is InChI=1S/C26H26N4O2S2/c1-17-27-24-12-7-20(15-23(24)26(28-17)29-21-8-9-21)19-5-2-4-18(14-19)16-30(22-10-11-22)34(31,32)25-6-3-13-33-25/h2-7,12-15,21-22H,8-11,16H2,1H3,(H,27,28,29). The predicted molar refractivity (Wildman–Crippen MR) is 136 cm³/mol. The van der Waals surface area contributed by atoms with Crippen molar-refractivity contribution in [3.8, 4) is 11.1 Å². The highest BCUT2D eigenvalue weighted by atomic mass is 32.2. The molecule has 8 heteroatoms. The van der Waals surface area contributed by atoms with Crippen LogP contribution < -0.4 is 5.32 Å². The highest BCUT2D eigenvalue weighted by molar-refractivity contribution is 7.91. The first kappa shape index (κ1) is 21.7. The van der Waals surface area contributed by atoms with Gasteiger partial charge >= 0.3 is 0 Å². The molecule has 2 aliphatic carbocycles. The van der Waals surface area contributed by atoms with Crippen LogP contribution in [0.2, 0.25) is 0 Å². The fourth-order valence-electron chi connectivity index (χ4n) is 4.28. The Bertz CT molecular complexity index is 1460. The van der Waals surface area contributed by atoms with Gasteiger partial charge in [0.15, 0.2) is 0 Å². The number of aryl methyl sites for hydroxylation is 1. The molecule has 34 heavy (non-hydrogen) atoms. The van der Waals surface area contributed by atoms with E-state index in [0.29, 0.717) is 16.8 Å². The molecule has 0 unspecified atom stereocenters. The predicted octanol–water partition coefficient (Wildman–Crippen LogP) is 5.59. The molecule has 0 radical (unpaired) electrons. The number of rotatable bonds is 8. The molecule has 6 rings (SSSR count). The summed E-state index contributed by atoms with van der Waals surface area (Å²) in [5.41, 5.74) is 4.04. The molecule has 4 aromatic rings. The van der Waals surface area contributed by atoms with Crippen LogP contribution in [0.4, 0.5) is 5.82 Å². The third-order valence-corrected chi connectivity index (χ3v) is 9.61. The van der Waals surface area contributed by atoms with Crippen LogP contribution in [0, 0.1) is 6.92 Å². The zero-order valence-electron chi connectivity index (χ0n) is 18.9. The van der Waals surface area contributed by atoms with Crippen LogP contribution in [0.15, 0.2) is 64.2 Å². The SMILES string of the molecule is Cc1nc(NC2CC2)c2cc(-c3cccc(CN(C4CC4)S(=O)(=O)c4cccs4)c3)ccc2n1. The number of anilines is 1. The molecule has 2 aliphatic rings. The van der Waals surface area contributed by atoms with Gasteiger partial charge < -0.3 is 5.32 Å². The van der Waals surface area contributed by atoms with E-state index in [1.165, 1.54) is 24.2 Å². The van der Waals surface area contributed by atoms with Gasteiger partial charge in [0.25, 0.3) is 10.0 Å². The Hall–Kier alpha value is -2.81. The number of hydrogen-bond acceptors (Lipinski definition) is 6. The highest BCUT2D eigenvalue weighted by Crippen LogP contribution is 2.36. The zero-order valence-corrected chi connectivity index (χ0v) is 20.6. The lowest BCUT2D eigenvalue weighted by Crippen LogP contribution is -2.32. The molecule has 2 heterocycles. The van der Waals surface area contributed by atoms with E-state index in [9.17, 15) is 8.42 Å². The van der Waals surface area contributed by atoms with Gasteiger partial charge in [-0.15, -0.1) is 11.3 Å². The molecule has 0 atom stereocenters. The minimum Gasteiger partial charge on any atom is -0.367 e. The maximum absolute atomic E-state index is 13.3. The molecule has 0 aliphatic heterocycles. The minimum absolute atomic E-state index is 0.0906. The van der Waals surface area contributed by atoms with E-state index in [1.807, 2.05) is 30.5 Å². The first-order chi connectivity index (χ1) is 16.5. The van der Waals surface area contributed by atoms with E-state index in [-0.39, 0.29) is 6.04 Å². The summed E-state index contributed by atoms with van der Waals surface area (Å²) in [7, 11) is -3.49. The summed E-state index contributed by atoms with van der Waals surface area (Å²) in [6, 6.07) is 18.5. The number of thiophene rings is 1. The van der Waals surface area contributed by atoms with E-state index in [2.05, 4.69) is 39.6 Å². The summed E-state index contributed by atoms with van der Waals surface area (Å²) in [4.78, 5) is 9.27. The van der Waals surface area contributed by atoms with E-state index in [4.69, 9.17) is 0 Å². The second-order valence-electron chi connectivity index (χ2n) is 9.18. The fraction of sp³-hybridized carbons (Fsp3) is 0.308. The fourth-order valence-corrected chi connectivity index (χ4v) is 7.08. The molecule has 0 amide bonds. The number of benzene rings is 2. The Morgan fingerprint density at radius 3 is 2.56 bits per heavy atom. The number of nitrogens with one attached hydrogen (secondary N) is 1. The molecule has 6 nitrogen and oxygen atoms in total. The molecule has 0 spiro atoms. The maximum Gasteiger partial charge on any atom is 0.253 e. The molecular formula is C26H26N4O2S2. The van der Waals surface area contributed by atoms with Crippen molar-refractivity contribution in [1.29, 1.82) is 0 Å². The largest absolute Gasteiger partial charge is 0.367 e. The third kappa shape index (κ3) is 4.33. The van der Waals surface area contributed by atoms with Gasteiger partial charge in [-0.3, -0.25) is 0 Å². The molecule has 0 saturated heterocycles. The van der Waals surface area contributed by atoms with Crippen LogP contribution in [0.25, 0.3) is 22.0 Å². The van der Waals surface area contributed by atoms with Crippen molar-refractivity contribution < 1.29 is 8.42 Å². The van der Waals surface area contributed by atoms with Crippen molar-refractivity contribution in [2.24, 2.45) is 0 Å². The van der Waals surface area contributed by atoms with E-state index < -0.39 is 10.0 Å². The van der Waals surface area contributed by atoms with Gasteiger partial charge in [0.05, 0.1) is 5.52 Å². The van der Waals surface area contributed by atoms with Crippen molar-refractivity contribution in [2.75, 3.05) is 5.32 Å². The summed E-state index contributed by atoms with van der Waals surface area (Å²) in [5.74, 6) is 1.66. The van der Waals surface area contributed by atoms with Crippen molar-refractivity contribution in [1.82, 2.24) is 14.3 Å². The Morgan fingerprint density at radius 2 is 1.82 bits per heavy atom. The van der Waals surface area contributed by atoms with Crippen LogP contribution >= 0.6 is 11.3 Å². The van der Waals surface area contributed by atoms with Crippen LogP contribution in [-0.4, -0.2) is 34.8 Å². The van der Waals surface area contributed by atoms with Gasteiger partial charge in [0, 0.05) is 24.0 Å². The number of sulfonamides is 1. The van der Waals surface area contributed by atoms with E-state index >= 15 is 0 Å². The monoisotopic (exact) mass is 490 g/mol. The summed E-state index contributed by atoms with van der Waals surface area (Å²) in [6.07, 6.45) is 4.20. The van der Waals surface area contributed by atoms with Crippen molar-refractivity contribution in [3.63, 3.8) is 0 Å². The second kappa shape index (κ2) is 8.45. The number of fused-ring (bicyclic) bond motifs is 1. The van der Waals surface area contributed by atoms with Gasteiger partial charge in [-0.2, -0.15) is 4.31 Å². The van der Waals surface area contributed by atoms with Crippen LogP contribution in [0.1, 0.15) is 37.1 Å². The van der Waals surface area contributed by atoms with Crippen molar-refractivity contribution in [2.45, 2.75) is 55.4 Å². The summed E-state index contributed by atoms with van der Waals surface area (Å²) < 4.78 is 28.6. The number of aromatic nitrogens is 2. The third-order valence-electron chi connectivity index (χ3n) is 6.34. The Balaban J connectivity index is 1.33. The summed E-state index contributed by atoms with van der Waals surface area (Å²) in [6.45, 7) is 2.30. The first-order valence-electron chi connectivity index (χ1n) is 11.7. The second-order valence-corrected chi connectivity index (χ2v) is 12.2. The molecule has 2 aromatic carbocycles. The first-order valence-corrected chi connectivity index (χ1v) is 14.0. The average Bonchev–Trinajstić information content (AvgIpc) is 3.76. The van der Waals surface area contributed by atoms with Gasteiger partial charge in [0.1, 0.15) is 15.9 Å². The normalized spacial score (nSPS) is 16.3. The number of hydrogen-bond donors (Lipinski definition) is 1. The molecule has 2 saturated carbocycles. The quantitative estimate of drug-likeness (QED) is 0.348. The zero-order chi connectivity index (χ0) is 23.3. The summed E-state index contributed by atoms with van der Waals surface area (Å²) >= 11 is 1.28. The number of nitrogens with zero attached hydrogens (tertiary/aromatic N) is 3. The molecular weight excluding hydrogens is 464 g/mol. The molecule has 2 fully saturated rings. The van der Waals surface area contributed by atoms with Gasteiger partial charge in [-0.1, -0.05) is 30.3 Å². The van der Waals surface area contributed by atoms with Crippen molar-refractivity contribution in [3.05, 3.63) is 71.4 Å². The van der Waals surface area contributed by atoms with Crippen LogP contribution in [0.5, 0.6) is 0 Å². The maximum atomic E-state index is 13.3. The van der Waals surface area contributed by atoms with E-state index in [0.717, 1.165) is 52.1 Å². The Kier molecular flexibility index (Phi) is 5.39. The lowest BCUT2D eigenvalue weighted by molar-refractivity contribution is 0.400.